The predicted molar refractivity (Wildman–Crippen MR) is 51.9 cm³/mol. The maximum absolute atomic E-state index is 5.62. The highest BCUT2D eigenvalue weighted by atomic mass is 28.1. The van der Waals surface area contributed by atoms with Gasteiger partial charge in [-0.3, -0.25) is 0 Å². The van der Waals surface area contributed by atoms with E-state index in [1.54, 1.807) is 0 Å². The van der Waals surface area contributed by atoms with Crippen molar-refractivity contribution >= 4 is 11.0 Å². The minimum Gasteiger partial charge on any atom is -0.370 e. The van der Waals surface area contributed by atoms with E-state index in [0.29, 0.717) is 0 Å². The van der Waals surface area contributed by atoms with Crippen LogP contribution < -0.4 is 0 Å². The highest BCUT2D eigenvalue weighted by molar-refractivity contribution is 5.75. The summed E-state index contributed by atoms with van der Waals surface area (Å²) in [6.45, 7) is 12.4. The van der Waals surface area contributed by atoms with Crippen LogP contribution in [0.5, 0.6) is 0 Å². The zero-order valence-corrected chi connectivity index (χ0v) is 7.41. The van der Waals surface area contributed by atoms with Gasteiger partial charge in [0.15, 0.2) is 0 Å². The minimum absolute atomic E-state index is 0. The van der Waals surface area contributed by atoms with Crippen molar-refractivity contribution in [2.75, 3.05) is 0 Å². The maximum Gasteiger partial charge on any atom is 0.0605 e. The Morgan fingerprint density at radius 1 is 0.700 bits per heavy atom. The molecule has 0 heterocycles. The molecule has 0 aromatic rings. The summed E-state index contributed by atoms with van der Waals surface area (Å²) in [5.41, 5.74) is -0.0312. The minimum atomic E-state index is -0.0156. The third-order valence-corrected chi connectivity index (χ3v) is 0.612. The molecule has 0 radical (unpaired) electrons. The summed E-state index contributed by atoms with van der Waals surface area (Å²) in [6.07, 6.45) is 0. The second-order valence-corrected chi connectivity index (χ2v) is 4.33. The molecule has 0 N–H and O–H groups in total. The fourth-order valence-corrected chi connectivity index (χ4v) is 0.919. The van der Waals surface area contributed by atoms with Gasteiger partial charge in [-0.2, -0.15) is 0 Å². The third kappa shape index (κ3) is 11.0. The SMILES string of the molecule is CC(C)(C)OC(C)(C)C.[SiH4]. The van der Waals surface area contributed by atoms with Crippen LogP contribution in [0.4, 0.5) is 0 Å². The Morgan fingerprint density at radius 3 is 0.900 bits per heavy atom. The third-order valence-electron chi connectivity index (χ3n) is 0.612. The van der Waals surface area contributed by atoms with Crippen LogP contribution in [0.15, 0.2) is 0 Å². The lowest BCUT2D eigenvalue weighted by Crippen LogP contribution is -2.31. The van der Waals surface area contributed by atoms with Crippen LogP contribution in [0.25, 0.3) is 0 Å². The molecule has 0 fully saturated rings. The second-order valence-electron chi connectivity index (χ2n) is 4.33. The highest BCUT2D eigenvalue weighted by Gasteiger charge is 2.19. The van der Waals surface area contributed by atoms with Crippen LogP contribution in [-0.4, -0.2) is 22.2 Å². The second kappa shape index (κ2) is 3.53. The molecule has 0 aliphatic heterocycles. The molecule has 0 aliphatic rings. The van der Waals surface area contributed by atoms with Crippen molar-refractivity contribution in [3.05, 3.63) is 0 Å². The first-order chi connectivity index (χ1) is 3.71. The molecule has 1 nitrogen and oxygen atoms in total. The van der Waals surface area contributed by atoms with E-state index in [1.165, 1.54) is 0 Å². The van der Waals surface area contributed by atoms with Gasteiger partial charge in [-0.05, 0) is 52.5 Å². The first kappa shape index (κ1) is 12.8. The zero-order chi connectivity index (χ0) is 7.71. The molecule has 0 saturated heterocycles. The summed E-state index contributed by atoms with van der Waals surface area (Å²) in [4.78, 5) is 0. The van der Waals surface area contributed by atoms with Gasteiger partial charge in [0, 0.05) is 0 Å². The van der Waals surface area contributed by atoms with E-state index in [1.807, 2.05) is 0 Å². The van der Waals surface area contributed by atoms with Gasteiger partial charge < -0.3 is 4.74 Å². The number of hydrogen-bond donors (Lipinski definition) is 0. The van der Waals surface area contributed by atoms with Crippen molar-refractivity contribution in [3.8, 4) is 0 Å². The smallest absolute Gasteiger partial charge is 0.0605 e. The summed E-state index contributed by atoms with van der Waals surface area (Å²) in [7, 11) is 0. The van der Waals surface area contributed by atoms with Gasteiger partial charge in [0.25, 0.3) is 0 Å². The van der Waals surface area contributed by atoms with Crippen LogP contribution in [-0.2, 0) is 4.74 Å². The van der Waals surface area contributed by atoms with Crippen LogP contribution in [0, 0.1) is 0 Å². The van der Waals surface area contributed by atoms with Gasteiger partial charge in [0.2, 0.25) is 0 Å². The molecule has 0 bridgehead atoms. The van der Waals surface area contributed by atoms with Gasteiger partial charge in [-0.15, -0.1) is 0 Å². The molecule has 0 aliphatic carbocycles. The quantitative estimate of drug-likeness (QED) is 0.486. The predicted octanol–water partition coefficient (Wildman–Crippen LogP) is 1.15. The van der Waals surface area contributed by atoms with Gasteiger partial charge in [0.1, 0.15) is 0 Å². The van der Waals surface area contributed by atoms with E-state index in [4.69, 9.17) is 4.74 Å². The molecule has 0 saturated carbocycles. The summed E-state index contributed by atoms with van der Waals surface area (Å²) < 4.78 is 5.62. The van der Waals surface area contributed by atoms with Gasteiger partial charge in [-0.25, -0.2) is 0 Å². The lowest BCUT2D eigenvalue weighted by Gasteiger charge is -2.30. The van der Waals surface area contributed by atoms with Crippen molar-refractivity contribution < 1.29 is 4.74 Å². The van der Waals surface area contributed by atoms with E-state index in [0.717, 1.165) is 0 Å². The summed E-state index contributed by atoms with van der Waals surface area (Å²) in [5.74, 6) is 0. The summed E-state index contributed by atoms with van der Waals surface area (Å²) in [6, 6.07) is 0. The van der Waals surface area contributed by atoms with Crippen LogP contribution in [0.2, 0.25) is 0 Å². The Labute approximate surface area is 69.2 Å². The molecule has 0 amide bonds. The molecular formula is C8H22OSi. The standard InChI is InChI=1S/C8H18O.H4Si/c1-7(2,3)9-8(4,5)6;/h1-6H3;1H4. The van der Waals surface area contributed by atoms with E-state index in [-0.39, 0.29) is 22.2 Å². The van der Waals surface area contributed by atoms with Gasteiger partial charge >= 0.3 is 0 Å². The number of rotatable bonds is 0. The van der Waals surface area contributed by atoms with E-state index in [2.05, 4.69) is 41.5 Å². The molecule has 64 valence electrons. The molecule has 2 heteroatoms. The van der Waals surface area contributed by atoms with Gasteiger partial charge in [0.05, 0.1) is 11.2 Å². The molecule has 0 aromatic carbocycles. The van der Waals surface area contributed by atoms with Crippen molar-refractivity contribution in [1.29, 1.82) is 0 Å². The average Bonchev–Trinajstić information content (AvgIpc) is 1.14. The lowest BCUT2D eigenvalue weighted by molar-refractivity contribution is -0.102. The fourth-order valence-electron chi connectivity index (χ4n) is 0.919. The Morgan fingerprint density at radius 2 is 0.900 bits per heavy atom. The van der Waals surface area contributed by atoms with E-state index in [9.17, 15) is 0 Å². The first-order valence-corrected chi connectivity index (χ1v) is 3.41. The lowest BCUT2D eigenvalue weighted by atomic mass is 10.1. The van der Waals surface area contributed by atoms with Crippen molar-refractivity contribution in [2.45, 2.75) is 52.7 Å². The Hall–Kier alpha value is 0.177. The van der Waals surface area contributed by atoms with Crippen LogP contribution >= 0.6 is 0 Å². The molecule has 0 aromatic heterocycles. The molecular weight excluding hydrogens is 140 g/mol. The topological polar surface area (TPSA) is 9.23 Å². The van der Waals surface area contributed by atoms with E-state index < -0.39 is 0 Å². The van der Waals surface area contributed by atoms with Crippen molar-refractivity contribution in [1.82, 2.24) is 0 Å². The fraction of sp³-hybridized carbons (Fsp3) is 1.00. The Balaban J connectivity index is 0. The number of ether oxygens (including phenoxy) is 1. The van der Waals surface area contributed by atoms with E-state index >= 15 is 0 Å². The molecule has 0 rings (SSSR count). The number of hydrogen-bond acceptors (Lipinski definition) is 1. The monoisotopic (exact) mass is 162 g/mol. The maximum atomic E-state index is 5.62. The van der Waals surface area contributed by atoms with Crippen LogP contribution in [0.1, 0.15) is 41.5 Å². The Kier molecular flexibility index (Phi) is 4.53. The molecule has 0 atom stereocenters. The van der Waals surface area contributed by atoms with Crippen molar-refractivity contribution in [2.24, 2.45) is 0 Å². The molecule has 0 spiro atoms. The summed E-state index contributed by atoms with van der Waals surface area (Å²) in [5, 5.41) is 0. The largest absolute Gasteiger partial charge is 0.370 e. The zero-order valence-electron chi connectivity index (χ0n) is 7.41. The molecule has 0 unspecified atom stereocenters. The highest BCUT2D eigenvalue weighted by Crippen LogP contribution is 2.17. The van der Waals surface area contributed by atoms with Crippen LogP contribution in [0.3, 0.4) is 0 Å². The average molecular weight is 162 g/mol. The van der Waals surface area contributed by atoms with Crippen molar-refractivity contribution in [3.63, 3.8) is 0 Å². The first-order valence-electron chi connectivity index (χ1n) is 3.41. The Bertz CT molecular complexity index is 74.4. The normalized spacial score (nSPS) is 12.6. The molecule has 10 heavy (non-hydrogen) atoms. The summed E-state index contributed by atoms with van der Waals surface area (Å²) >= 11 is 0. The van der Waals surface area contributed by atoms with Gasteiger partial charge in [-0.1, -0.05) is 0 Å².